The molecule has 0 aliphatic carbocycles. The van der Waals surface area contributed by atoms with Crippen LogP contribution in [-0.2, 0) is 9.47 Å². The van der Waals surface area contributed by atoms with Crippen LogP contribution in [0.3, 0.4) is 0 Å². The van der Waals surface area contributed by atoms with Crippen LogP contribution in [-0.4, -0.2) is 78.1 Å². The summed E-state index contributed by atoms with van der Waals surface area (Å²) in [7, 11) is 7.64. The van der Waals surface area contributed by atoms with Crippen LogP contribution in [0.15, 0.2) is 29.3 Å². The molecule has 2 N–H and O–H groups in total. The Balaban J connectivity index is 0.00000420. The van der Waals surface area contributed by atoms with Crippen LogP contribution in [0.5, 0.6) is 5.75 Å². The van der Waals surface area contributed by atoms with Gasteiger partial charge in [-0.25, -0.2) is 0 Å². The third-order valence-electron chi connectivity index (χ3n) is 4.89. The molecule has 7 nitrogen and oxygen atoms in total. The Morgan fingerprint density at radius 2 is 2.10 bits per heavy atom. The Morgan fingerprint density at radius 3 is 2.76 bits per heavy atom. The van der Waals surface area contributed by atoms with Gasteiger partial charge in [0.05, 0.1) is 25.9 Å². The Morgan fingerprint density at radius 1 is 1.31 bits per heavy atom. The molecule has 0 amide bonds. The molecule has 1 aromatic carbocycles. The summed E-state index contributed by atoms with van der Waals surface area (Å²) < 4.78 is 16.8. The molecule has 29 heavy (non-hydrogen) atoms. The van der Waals surface area contributed by atoms with Crippen LogP contribution in [0.1, 0.15) is 30.9 Å². The van der Waals surface area contributed by atoms with E-state index in [-0.39, 0.29) is 30.0 Å². The minimum atomic E-state index is 0. The predicted molar refractivity (Wildman–Crippen MR) is 129 cm³/mol. The van der Waals surface area contributed by atoms with Crippen LogP contribution >= 0.6 is 24.0 Å². The first kappa shape index (κ1) is 25.9. The molecule has 0 aromatic heterocycles. The van der Waals surface area contributed by atoms with E-state index in [0.717, 1.165) is 62.8 Å². The van der Waals surface area contributed by atoms with Crippen LogP contribution < -0.4 is 15.4 Å². The van der Waals surface area contributed by atoms with E-state index in [1.54, 1.807) is 14.2 Å². The Bertz CT molecular complexity index is 595. The Hall–Kier alpha value is -1.10. The molecule has 1 fully saturated rings. The second-order valence-corrected chi connectivity index (χ2v) is 7.16. The monoisotopic (exact) mass is 520 g/mol. The van der Waals surface area contributed by atoms with Gasteiger partial charge >= 0.3 is 0 Å². The zero-order valence-electron chi connectivity index (χ0n) is 18.1. The third kappa shape index (κ3) is 9.06. The highest BCUT2D eigenvalue weighted by Gasteiger charge is 2.18. The van der Waals surface area contributed by atoms with Gasteiger partial charge in [0.1, 0.15) is 5.75 Å². The second-order valence-electron chi connectivity index (χ2n) is 7.16. The number of ether oxygens (including phenoxy) is 3. The first-order chi connectivity index (χ1) is 13.7. The summed E-state index contributed by atoms with van der Waals surface area (Å²) >= 11 is 0. The molecule has 1 heterocycles. The third-order valence-corrected chi connectivity index (χ3v) is 4.89. The number of hydrogen-bond donors (Lipinski definition) is 2. The number of para-hydroxylation sites is 1. The number of halogens is 1. The van der Waals surface area contributed by atoms with Crippen LogP contribution in [0.25, 0.3) is 0 Å². The van der Waals surface area contributed by atoms with Crippen molar-refractivity contribution in [2.45, 2.75) is 31.4 Å². The topological polar surface area (TPSA) is 67.4 Å². The molecule has 1 aromatic rings. The number of methoxy groups -OCH3 is 1. The lowest BCUT2D eigenvalue weighted by Crippen LogP contribution is -2.42. The van der Waals surface area contributed by atoms with Gasteiger partial charge in [-0.05, 0) is 39.4 Å². The number of hydrogen-bond acceptors (Lipinski definition) is 5. The van der Waals surface area contributed by atoms with Gasteiger partial charge < -0.3 is 29.7 Å². The van der Waals surface area contributed by atoms with E-state index in [4.69, 9.17) is 14.2 Å². The largest absolute Gasteiger partial charge is 0.496 e. The van der Waals surface area contributed by atoms with Gasteiger partial charge in [0.25, 0.3) is 0 Å². The van der Waals surface area contributed by atoms with Gasteiger partial charge in [0, 0.05) is 38.9 Å². The number of nitrogens with one attached hydrogen (secondary N) is 2. The highest BCUT2D eigenvalue weighted by atomic mass is 127. The fraction of sp³-hybridized carbons (Fsp3) is 0.667. The fourth-order valence-electron chi connectivity index (χ4n) is 3.30. The number of aliphatic imine (C=N–C) groups is 1. The molecule has 0 spiro atoms. The fourth-order valence-corrected chi connectivity index (χ4v) is 3.30. The van der Waals surface area contributed by atoms with Crippen molar-refractivity contribution in [3.8, 4) is 5.75 Å². The molecule has 0 bridgehead atoms. The summed E-state index contributed by atoms with van der Waals surface area (Å²) in [5, 5.41) is 6.77. The quantitative estimate of drug-likeness (QED) is 0.203. The molecular weight excluding hydrogens is 483 g/mol. The van der Waals surface area contributed by atoms with E-state index < -0.39 is 0 Å². The summed E-state index contributed by atoms with van der Waals surface area (Å²) in [5.74, 6) is 1.69. The highest BCUT2D eigenvalue weighted by Crippen LogP contribution is 2.27. The van der Waals surface area contributed by atoms with Gasteiger partial charge in [-0.15, -0.1) is 24.0 Å². The van der Waals surface area contributed by atoms with Gasteiger partial charge in [-0.3, -0.25) is 4.99 Å². The predicted octanol–water partition coefficient (Wildman–Crippen LogP) is 2.67. The number of likely N-dealkylation sites (N-methyl/N-ethyl adjacent to an activating group) is 1. The van der Waals surface area contributed by atoms with Crippen molar-refractivity contribution < 1.29 is 14.2 Å². The molecule has 2 rings (SSSR count). The maximum absolute atomic E-state index is 5.70. The second kappa shape index (κ2) is 14.8. The van der Waals surface area contributed by atoms with Crippen molar-refractivity contribution in [1.82, 2.24) is 15.5 Å². The smallest absolute Gasteiger partial charge is 0.191 e. The molecule has 8 heteroatoms. The standard InChI is InChI=1S/C21H36N4O3.HI/c1-22-21(23-12-8-13-27-16-17-9-7-14-28-17)24-15-19(25(2)3)18-10-5-6-11-20(18)26-4;/h5-6,10-11,17,19H,7-9,12-16H2,1-4H3,(H2,22,23,24);1H. The van der Waals surface area contributed by atoms with Gasteiger partial charge in [-0.2, -0.15) is 0 Å². The van der Waals surface area contributed by atoms with Gasteiger partial charge in [0.15, 0.2) is 5.96 Å². The summed E-state index contributed by atoms with van der Waals surface area (Å²) in [6, 6.07) is 8.30. The molecule has 2 unspecified atom stereocenters. The summed E-state index contributed by atoms with van der Waals surface area (Å²) in [6.07, 6.45) is 3.49. The van der Waals surface area contributed by atoms with E-state index in [2.05, 4.69) is 40.7 Å². The number of guanidine groups is 1. The van der Waals surface area contributed by atoms with Crippen molar-refractivity contribution in [1.29, 1.82) is 0 Å². The number of rotatable bonds is 11. The summed E-state index contributed by atoms with van der Waals surface area (Å²) in [5.41, 5.74) is 1.15. The zero-order chi connectivity index (χ0) is 20.2. The highest BCUT2D eigenvalue weighted by molar-refractivity contribution is 14.0. The molecule has 2 atom stereocenters. The summed E-state index contributed by atoms with van der Waals surface area (Å²) in [4.78, 5) is 6.50. The lowest BCUT2D eigenvalue weighted by molar-refractivity contribution is 0.0168. The average Bonchev–Trinajstić information content (AvgIpc) is 3.22. The van der Waals surface area contributed by atoms with Crippen molar-refractivity contribution in [2.75, 3.05) is 61.2 Å². The van der Waals surface area contributed by atoms with Crippen LogP contribution in [0.2, 0.25) is 0 Å². The molecule has 0 saturated carbocycles. The molecule has 1 saturated heterocycles. The molecule has 1 aliphatic rings. The van der Waals surface area contributed by atoms with Crippen molar-refractivity contribution >= 4 is 29.9 Å². The lowest BCUT2D eigenvalue weighted by atomic mass is 10.0. The molecule has 166 valence electrons. The molecule has 0 radical (unpaired) electrons. The van der Waals surface area contributed by atoms with Gasteiger partial charge in [-0.1, -0.05) is 18.2 Å². The summed E-state index contributed by atoms with van der Waals surface area (Å²) in [6.45, 7) is 3.84. The first-order valence-corrected chi connectivity index (χ1v) is 10.1. The maximum atomic E-state index is 5.70. The lowest BCUT2D eigenvalue weighted by Gasteiger charge is -2.27. The minimum absolute atomic E-state index is 0. The Labute approximate surface area is 192 Å². The van der Waals surface area contributed by atoms with Crippen LogP contribution in [0, 0.1) is 0 Å². The van der Waals surface area contributed by atoms with E-state index in [9.17, 15) is 0 Å². The number of benzene rings is 1. The van der Waals surface area contributed by atoms with Gasteiger partial charge in [0.2, 0.25) is 0 Å². The first-order valence-electron chi connectivity index (χ1n) is 10.1. The van der Waals surface area contributed by atoms with E-state index in [0.29, 0.717) is 12.7 Å². The maximum Gasteiger partial charge on any atom is 0.191 e. The molecule has 1 aliphatic heterocycles. The normalized spacial score (nSPS) is 17.7. The number of nitrogens with zero attached hydrogens (tertiary/aromatic N) is 2. The Kier molecular flexibility index (Phi) is 13.2. The van der Waals surface area contributed by atoms with Crippen molar-refractivity contribution in [3.63, 3.8) is 0 Å². The van der Waals surface area contributed by atoms with E-state index in [1.807, 2.05) is 18.2 Å². The van der Waals surface area contributed by atoms with Crippen molar-refractivity contribution in [3.05, 3.63) is 29.8 Å². The zero-order valence-corrected chi connectivity index (χ0v) is 20.5. The SMILES string of the molecule is CN=C(NCCCOCC1CCCO1)NCC(c1ccccc1OC)N(C)C.I. The van der Waals surface area contributed by atoms with E-state index >= 15 is 0 Å². The minimum Gasteiger partial charge on any atom is -0.496 e. The van der Waals surface area contributed by atoms with E-state index in [1.165, 1.54) is 0 Å². The van der Waals surface area contributed by atoms with Crippen LogP contribution in [0.4, 0.5) is 0 Å². The van der Waals surface area contributed by atoms with Crippen molar-refractivity contribution in [2.24, 2.45) is 4.99 Å². The molecular formula is C21H37IN4O3. The average molecular weight is 520 g/mol.